The van der Waals surface area contributed by atoms with E-state index in [1.807, 2.05) is 31.2 Å². The Morgan fingerprint density at radius 3 is 2.63 bits per heavy atom. The number of hydrogen-bond acceptors (Lipinski definition) is 4. The molecule has 1 saturated carbocycles. The zero-order valence-electron chi connectivity index (χ0n) is 10.9. The minimum absolute atomic E-state index is 0.262. The minimum atomic E-state index is -0.840. The van der Waals surface area contributed by atoms with E-state index in [9.17, 15) is 4.79 Å². The monoisotopic (exact) mass is 343 g/mol. The van der Waals surface area contributed by atoms with E-state index in [0.717, 1.165) is 22.2 Å². The van der Waals surface area contributed by atoms with Gasteiger partial charge in [-0.3, -0.25) is 4.79 Å². The van der Waals surface area contributed by atoms with Crippen molar-refractivity contribution in [2.45, 2.75) is 30.2 Å². The zero-order valence-corrected chi connectivity index (χ0v) is 13.3. The second-order valence-corrected chi connectivity index (χ2v) is 6.74. The molecule has 19 heavy (non-hydrogen) atoms. The van der Waals surface area contributed by atoms with Crippen LogP contribution in [0.15, 0.2) is 33.6 Å². The van der Waals surface area contributed by atoms with E-state index >= 15 is 0 Å². The SMILES string of the molecule is CCOC(=O)C(N)(CSc1ccc(Br)cc1)C1CC1. The van der Waals surface area contributed by atoms with Gasteiger partial charge in [-0.25, -0.2) is 0 Å². The van der Waals surface area contributed by atoms with E-state index in [1.165, 1.54) is 0 Å². The molecule has 2 rings (SSSR count). The van der Waals surface area contributed by atoms with Crippen molar-refractivity contribution in [1.82, 2.24) is 0 Å². The van der Waals surface area contributed by atoms with Crippen LogP contribution in [0.5, 0.6) is 0 Å². The number of nitrogens with two attached hydrogens (primary N) is 1. The van der Waals surface area contributed by atoms with Crippen molar-refractivity contribution in [2.24, 2.45) is 11.7 Å². The Hall–Kier alpha value is -0.520. The largest absolute Gasteiger partial charge is 0.465 e. The third-order valence-electron chi connectivity index (χ3n) is 3.25. The Bertz CT molecular complexity index is 447. The lowest BCUT2D eigenvalue weighted by Gasteiger charge is -2.26. The number of carbonyl (C=O) groups is 1. The second-order valence-electron chi connectivity index (χ2n) is 4.78. The topological polar surface area (TPSA) is 52.3 Å². The molecule has 0 heterocycles. The van der Waals surface area contributed by atoms with Crippen molar-refractivity contribution in [3.63, 3.8) is 0 Å². The average molecular weight is 344 g/mol. The highest BCUT2D eigenvalue weighted by Gasteiger charge is 2.49. The maximum atomic E-state index is 12.1. The Morgan fingerprint density at radius 2 is 2.11 bits per heavy atom. The summed E-state index contributed by atoms with van der Waals surface area (Å²) in [5.41, 5.74) is 5.47. The first-order chi connectivity index (χ1) is 9.06. The van der Waals surface area contributed by atoms with Gasteiger partial charge < -0.3 is 10.5 Å². The normalized spacial score (nSPS) is 17.8. The molecule has 104 valence electrons. The summed E-state index contributed by atoms with van der Waals surface area (Å²) in [4.78, 5) is 13.2. The molecule has 3 nitrogen and oxygen atoms in total. The van der Waals surface area contributed by atoms with Crippen molar-refractivity contribution in [2.75, 3.05) is 12.4 Å². The molecule has 0 aliphatic heterocycles. The van der Waals surface area contributed by atoms with E-state index in [0.29, 0.717) is 12.4 Å². The highest BCUT2D eigenvalue weighted by molar-refractivity contribution is 9.10. The van der Waals surface area contributed by atoms with Gasteiger partial charge in [0.05, 0.1) is 6.61 Å². The van der Waals surface area contributed by atoms with Crippen LogP contribution in [0.25, 0.3) is 0 Å². The zero-order chi connectivity index (χ0) is 13.9. The van der Waals surface area contributed by atoms with Gasteiger partial charge in [-0.15, -0.1) is 11.8 Å². The highest BCUT2D eigenvalue weighted by Crippen LogP contribution is 2.41. The molecule has 0 amide bonds. The third-order valence-corrected chi connectivity index (χ3v) is 5.01. The molecule has 1 aromatic carbocycles. The summed E-state index contributed by atoms with van der Waals surface area (Å²) in [6.07, 6.45) is 2.05. The molecule has 1 aromatic rings. The van der Waals surface area contributed by atoms with E-state index in [2.05, 4.69) is 15.9 Å². The summed E-state index contributed by atoms with van der Waals surface area (Å²) in [5.74, 6) is 0.578. The molecular weight excluding hydrogens is 326 g/mol. The summed E-state index contributed by atoms with van der Waals surface area (Å²) in [5, 5.41) is 0. The van der Waals surface area contributed by atoms with Crippen LogP contribution in [-0.4, -0.2) is 23.9 Å². The molecule has 1 aliphatic rings. The lowest BCUT2D eigenvalue weighted by Crippen LogP contribution is -2.53. The fourth-order valence-electron chi connectivity index (χ4n) is 1.94. The predicted molar refractivity (Wildman–Crippen MR) is 81.1 cm³/mol. The Kier molecular flexibility index (Phi) is 4.92. The number of carbonyl (C=O) groups excluding carboxylic acids is 1. The van der Waals surface area contributed by atoms with E-state index in [-0.39, 0.29) is 11.9 Å². The Morgan fingerprint density at radius 1 is 1.47 bits per heavy atom. The van der Waals surface area contributed by atoms with Gasteiger partial charge >= 0.3 is 5.97 Å². The second kappa shape index (κ2) is 6.29. The van der Waals surface area contributed by atoms with Crippen molar-refractivity contribution < 1.29 is 9.53 Å². The van der Waals surface area contributed by atoms with Crippen molar-refractivity contribution in [1.29, 1.82) is 0 Å². The first-order valence-corrected chi connectivity index (χ1v) is 8.18. The number of thioether (sulfide) groups is 1. The third kappa shape index (κ3) is 3.74. The molecule has 1 fully saturated rings. The number of halogens is 1. The van der Waals surface area contributed by atoms with Gasteiger partial charge in [0.25, 0.3) is 0 Å². The van der Waals surface area contributed by atoms with Gasteiger partial charge in [0.15, 0.2) is 0 Å². The van der Waals surface area contributed by atoms with Crippen LogP contribution in [0.4, 0.5) is 0 Å². The van der Waals surface area contributed by atoms with Crippen molar-refractivity contribution in [3.8, 4) is 0 Å². The van der Waals surface area contributed by atoms with Crippen LogP contribution in [0.1, 0.15) is 19.8 Å². The van der Waals surface area contributed by atoms with Gasteiger partial charge in [0.2, 0.25) is 0 Å². The van der Waals surface area contributed by atoms with Crippen LogP contribution < -0.4 is 5.73 Å². The quantitative estimate of drug-likeness (QED) is 0.636. The predicted octanol–water partition coefficient (Wildman–Crippen LogP) is 3.21. The van der Waals surface area contributed by atoms with Crippen LogP contribution in [-0.2, 0) is 9.53 Å². The molecule has 0 bridgehead atoms. The molecule has 1 atom stereocenters. The summed E-state index contributed by atoms with van der Waals surface area (Å²) >= 11 is 5.02. The fourth-order valence-corrected chi connectivity index (χ4v) is 3.29. The molecule has 1 aliphatic carbocycles. The highest BCUT2D eigenvalue weighted by atomic mass is 79.9. The number of esters is 1. The maximum absolute atomic E-state index is 12.1. The van der Waals surface area contributed by atoms with E-state index in [4.69, 9.17) is 10.5 Å². The van der Waals surface area contributed by atoms with Crippen LogP contribution in [0.2, 0.25) is 0 Å². The standard InChI is InChI=1S/C14H18BrNO2S/c1-2-18-13(17)14(16,10-3-4-10)9-19-12-7-5-11(15)6-8-12/h5-8,10H,2-4,9,16H2,1H3. The van der Waals surface area contributed by atoms with E-state index in [1.54, 1.807) is 11.8 Å². The maximum Gasteiger partial charge on any atom is 0.327 e. The Labute approximate surface area is 126 Å². The smallest absolute Gasteiger partial charge is 0.327 e. The number of ether oxygens (including phenoxy) is 1. The van der Waals surface area contributed by atoms with Crippen molar-refractivity contribution in [3.05, 3.63) is 28.7 Å². The molecule has 0 saturated heterocycles. The number of hydrogen-bond donors (Lipinski definition) is 1. The average Bonchev–Trinajstić information content (AvgIpc) is 3.22. The molecule has 1 unspecified atom stereocenters. The van der Waals surface area contributed by atoms with Gasteiger partial charge in [0.1, 0.15) is 5.54 Å². The van der Waals surface area contributed by atoms with Gasteiger partial charge in [0, 0.05) is 15.1 Å². The Balaban J connectivity index is 2.01. The van der Waals surface area contributed by atoms with Crippen LogP contribution in [0, 0.1) is 5.92 Å². The first-order valence-electron chi connectivity index (χ1n) is 6.40. The summed E-state index contributed by atoms with van der Waals surface area (Å²) in [7, 11) is 0. The lowest BCUT2D eigenvalue weighted by molar-refractivity contribution is -0.149. The van der Waals surface area contributed by atoms with Gasteiger partial charge in [-0.1, -0.05) is 15.9 Å². The summed E-state index contributed by atoms with van der Waals surface area (Å²) in [6.45, 7) is 2.19. The molecular formula is C14H18BrNO2S. The van der Waals surface area contributed by atoms with Gasteiger partial charge in [-0.2, -0.15) is 0 Å². The first kappa shape index (κ1) is 14.9. The van der Waals surface area contributed by atoms with Gasteiger partial charge in [-0.05, 0) is 49.9 Å². The van der Waals surface area contributed by atoms with Crippen LogP contribution >= 0.6 is 27.7 Å². The molecule has 0 radical (unpaired) electrons. The summed E-state index contributed by atoms with van der Waals surface area (Å²) in [6, 6.07) is 8.02. The molecule has 0 spiro atoms. The fraction of sp³-hybridized carbons (Fsp3) is 0.500. The summed E-state index contributed by atoms with van der Waals surface area (Å²) < 4.78 is 6.18. The molecule has 5 heteroatoms. The molecule has 2 N–H and O–H groups in total. The number of benzene rings is 1. The van der Waals surface area contributed by atoms with E-state index < -0.39 is 5.54 Å². The lowest BCUT2D eigenvalue weighted by atomic mass is 9.97. The minimum Gasteiger partial charge on any atom is -0.465 e. The van der Waals surface area contributed by atoms with Crippen LogP contribution in [0.3, 0.4) is 0 Å². The molecule has 0 aromatic heterocycles. The number of rotatable bonds is 6. The van der Waals surface area contributed by atoms with Crippen molar-refractivity contribution >= 4 is 33.7 Å².